The number of hydrogen-bond donors (Lipinski definition) is 0. The van der Waals surface area contributed by atoms with Gasteiger partial charge in [-0.2, -0.15) is 0 Å². The van der Waals surface area contributed by atoms with Crippen LogP contribution in [-0.4, -0.2) is 47.9 Å². The second-order valence-electron chi connectivity index (χ2n) is 13.1. The van der Waals surface area contributed by atoms with E-state index in [2.05, 4.69) is 31.9 Å². The third-order valence-electron chi connectivity index (χ3n) is 8.21. The number of ether oxygens (including phenoxy) is 2. The van der Waals surface area contributed by atoms with Gasteiger partial charge < -0.3 is 9.47 Å². The second kappa shape index (κ2) is 14.7. The predicted molar refractivity (Wildman–Crippen MR) is 200 cm³/mol. The molecule has 2 aliphatic rings. The lowest BCUT2D eigenvalue weighted by Gasteiger charge is -2.18. The number of carbonyl (C=O) groups excluding carboxylic acids is 2. The molecule has 15 heteroatoms. The number of ketones is 2. The maximum absolute atomic E-state index is 14.3. The van der Waals surface area contributed by atoms with Gasteiger partial charge in [0.15, 0.2) is 21.0 Å². The molecule has 0 spiro atoms. The molecule has 1 atom stereocenters. The first-order valence-corrected chi connectivity index (χ1v) is 20.6. The van der Waals surface area contributed by atoms with Crippen LogP contribution in [0.5, 0.6) is 0 Å². The number of benzene rings is 4. The molecule has 4 aromatic carbocycles. The van der Waals surface area contributed by atoms with Crippen molar-refractivity contribution >= 4 is 86.7 Å². The fourth-order valence-corrected chi connectivity index (χ4v) is 9.26. The summed E-state index contributed by atoms with van der Waals surface area (Å²) < 4.78 is 103. The summed E-state index contributed by atoms with van der Waals surface area (Å²) in [7, 11) is -4.65. The minimum Gasteiger partial charge on any atom is -0.478 e. The molecule has 0 bridgehead atoms. The molecule has 0 aliphatic carbocycles. The fourth-order valence-electron chi connectivity index (χ4n) is 5.61. The van der Waals surface area contributed by atoms with E-state index in [1.54, 1.807) is 52.1 Å². The van der Waals surface area contributed by atoms with Gasteiger partial charge in [0.1, 0.15) is 34.8 Å². The largest absolute Gasteiger partial charge is 0.478 e. The Bertz CT molecular complexity index is 2420. The maximum atomic E-state index is 14.3. The van der Waals surface area contributed by atoms with Crippen LogP contribution in [0.3, 0.4) is 0 Å². The van der Waals surface area contributed by atoms with Crippen molar-refractivity contribution in [3.63, 3.8) is 0 Å². The Kier molecular flexibility index (Phi) is 11.2. The molecule has 2 heterocycles. The summed E-state index contributed by atoms with van der Waals surface area (Å²) in [5.41, 5.74) is -1.55. The molecule has 0 N–H and O–H groups in total. The Morgan fingerprint density at radius 2 is 1.06 bits per heavy atom. The van der Waals surface area contributed by atoms with Crippen LogP contribution in [0, 0.1) is 23.3 Å². The van der Waals surface area contributed by atoms with Gasteiger partial charge in [-0.15, -0.1) is 0 Å². The van der Waals surface area contributed by atoms with Crippen LogP contribution in [0.1, 0.15) is 49.9 Å². The van der Waals surface area contributed by atoms with E-state index in [4.69, 9.17) is 9.47 Å². The molecule has 0 saturated heterocycles. The lowest BCUT2D eigenvalue weighted by atomic mass is 9.92. The van der Waals surface area contributed by atoms with Gasteiger partial charge in [-0.1, -0.05) is 0 Å². The number of halogens is 6. The van der Waals surface area contributed by atoms with Crippen molar-refractivity contribution in [2.45, 2.75) is 48.7 Å². The topological polar surface area (TPSA) is 104 Å². The second-order valence-corrected chi connectivity index (χ2v) is 18.1. The smallest absolute Gasteiger partial charge is 0.210 e. The molecule has 4 aromatic rings. The highest BCUT2D eigenvalue weighted by atomic mass is 79.9. The number of rotatable bonds is 6. The SMILES string of the molecule is CC1(C)OC(c2ccc(S(C)(=O)=O)c(Br)c2)=C(c2ccc(F)cc2F)C1=O.CS(=O)c1ccc(C2=C(c3ccc(F)cc3F)C(=O)C(C)(C)O2)cc1Br. The zero-order valence-corrected chi connectivity index (χ0v) is 33.7. The summed E-state index contributed by atoms with van der Waals surface area (Å²) >= 11 is 6.57. The zero-order valence-electron chi connectivity index (χ0n) is 28.9. The number of carbonyl (C=O) groups is 2. The Morgan fingerprint density at radius 3 is 1.42 bits per heavy atom. The van der Waals surface area contributed by atoms with Gasteiger partial charge >= 0.3 is 0 Å². The van der Waals surface area contributed by atoms with E-state index >= 15 is 0 Å². The molecule has 53 heavy (non-hydrogen) atoms. The average Bonchev–Trinajstić information content (AvgIpc) is 3.43. The highest BCUT2D eigenvalue weighted by molar-refractivity contribution is 9.10. The molecule has 1 unspecified atom stereocenters. The fraction of sp³-hybridized carbons (Fsp3) is 0.211. The van der Waals surface area contributed by atoms with Gasteiger partial charge in [0.25, 0.3) is 0 Å². The van der Waals surface area contributed by atoms with E-state index in [1.165, 1.54) is 30.3 Å². The van der Waals surface area contributed by atoms with Gasteiger partial charge in [0, 0.05) is 55.8 Å². The molecular formula is C38H30Br2F4O7S2. The predicted octanol–water partition coefficient (Wildman–Crippen LogP) is 9.09. The molecule has 2 aliphatic heterocycles. The minimum absolute atomic E-state index is 0.0171. The van der Waals surface area contributed by atoms with Gasteiger partial charge in [0.05, 0.1) is 31.7 Å². The van der Waals surface area contributed by atoms with Gasteiger partial charge in [-0.05, 0) is 120 Å². The van der Waals surface area contributed by atoms with Crippen molar-refractivity contribution in [3.8, 4) is 0 Å². The van der Waals surface area contributed by atoms with Crippen molar-refractivity contribution in [1.29, 1.82) is 0 Å². The van der Waals surface area contributed by atoms with Crippen molar-refractivity contribution in [3.05, 3.63) is 127 Å². The Labute approximate surface area is 322 Å². The number of sulfone groups is 1. The molecule has 0 fully saturated rings. The van der Waals surface area contributed by atoms with E-state index in [-0.39, 0.29) is 43.2 Å². The van der Waals surface area contributed by atoms with E-state index in [0.29, 0.717) is 26.6 Å². The molecule has 0 saturated carbocycles. The first-order chi connectivity index (χ1) is 24.5. The summed E-state index contributed by atoms with van der Waals surface area (Å²) in [6.45, 7) is 6.27. The molecule has 0 aromatic heterocycles. The van der Waals surface area contributed by atoms with E-state index in [1.807, 2.05) is 0 Å². The minimum atomic E-state index is -3.46. The summed E-state index contributed by atoms with van der Waals surface area (Å²) in [5, 5.41) is 0. The van der Waals surface area contributed by atoms with Crippen LogP contribution in [0.15, 0.2) is 91.5 Å². The van der Waals surface area contributed by atoms with E-state index in [9.17, 15) is 39.8 Å². The highest BCUT2D eigenvalue weighted by Crippen LogP contribution is 2.44. The van der Waals surface area contributed by atoms with Gasteiger partial charge in [0.2, 0.25) is 11.6 Å². The van der Waals surface area contributed by atoms with Crippen molar-refractivity contribution in [1.82, 2.24) is 0 Å². The molecule has 7 nitrogen and oxygen atoms in total. The summed E-state index contributed by atoms with van der Waals surface area (Å²) in [4.78, 5) is 26.3. The average molecular weight is 899 g/mol. The van der Waals surface area contributed by atoms with Crippen molar-refractivity contribution < 1.29 is 49.3 Å². The lowest BCUT2D eigenvalue weighted by molar-refractivity contribution is -0.125. The standard InChI is InChI=1S/C19H15BrF2O4S.C19H15BrF2O3S/c1-19(2)18(23)16(12-6-5-11(21)9-14(12)22)17(26-19)10-4-7-15(13(20)8-10)27(3,24)25;1-19(2)18(23)16(12-6-5-11(21)9-14(12)22)17(25-19)10-4-7-15(26(3)24)13(20)8-10/h4-9H,1-3H3;4-9H,1-3H3. The molecule has 0 amide bonds. The van der Waals surface area contributed by atoms with Crippen LogP contribution in [0.25, 0.3) is 22.7 Å². The summed E-state index contributed by atoms with van der Waals surface area (Å²) in [5.74, 6) is -3.73. The van der Waals surface area contributed by atoms with E-state index < -0.39 is 66.7 Å². The quantitative estimate of drug-likeness (QED) is 0.178. The normalized spacial score (nSPS) is 17.0. The van der Waals surface area contributed by atoms with Crippen molar-refractivity contribution in [2.75, 3.05) is 12.5 Å². The maximum Gasteiger partial charge on any atom is 0.210 e. The number of hydrogen-bond acceptors (Lipinski definition) is 7. The Hall–Kier alpha value is -3.92. The summed E-state index contributed by atoms with van der Waals surface area (Å²) in [6.07, 6.45) is 2.63. The van der Waals surface area contributed by atoms with Crippen molar-refractivity contribution in [2.24, 2.45) is 0 Å². The Balaban J connectivity index is 0.000000204. The molecule has 6 rings (SSSR count). The zero-order chi connectivity index (χ0) is 39.4. The lowest BCUT2D eigenvalue weighted by Crippen LogP contribution is -2.29. The van der Waals surface area contributed by atoms with Crippen LogP contribution in [0.4, 0.5) is 17.6 Å². The van der Waals surface area contributed by atoms with Crippen LogP contribution >= 0.6 is 31.9 Å². The van der Waals surface area contributed by atoms with Gasteiger partial charge in [-0.25, -0.2) is 26.0 Å². The van der Waals surface area contributed by atoms with Gasteiger partial charge in [-0.3, -0.25) is 13.8 Å². The molecular weight excluding hydrogens is 868 g/mol. The summed E-state index contributed by atoms with van der Waals surface area (Å²) in [6, 6.07) is 15.3. The van der Waals surface area contributed by atoms with Crippen LogP contribution in [-0.2, 0) is 39.7 Å². The van der Waals surface area contributed by atoms with E-state index in [0.717, 1.165) is 24.5 Å². The third-order valence-corrected chi connectivity index (χ3v) is 12.2. The third kappa shape index (κ3) is 8.13. The van der Waals surface area contributed by atoms with Crippen LogP contribution < -0.4 is 0 Å². The number of Topliss-reactive ketones (excluding diaryl/α,β-unsaturated/α-hetero) is 2. The molecule has 278 valence electrons. The highest BCUT2D eigenvalue weighted by Gasteiger charge is 2.45. The monoisotopic (exact) mass is 896 g/mol. The molecule has 0 radical (unpaired) electrons. The first kappa shape index (κ1) is 40.3. The Morgan fingerprint density at radius 1 is 0.642 bits per heavy atom. The first-order valence-electron chi connectivity index (χ1n) is 15.5. The van der Waals surface area contributed by atoms with Crippen LogP contribution in [0.2, 0.25) is 0 Å².